The van der Waals surface area contributed by atoms with Gasteiger partial charge < -0.3 is 14.8 Å². The summed E-state index contributed by atoms with van der Waals surface area (Å²) >= 11 is 0. The van der Waals surface area contributed by atoms with E-state index in [1.807, 2.05) is 36.4 Å². The number of aromatic nitrogens is 2. The van der Waals surface area contributed by atoms with Crippen LogP contribution in [0, 0.1) is 6.92 Å². The molecule has 0 spiro atoms. The highest BCUT2D eigenvalue weighted by molar-refractivity contribution is 5.95. The maximum atomic E-state index is 12.6. The Hall–Kier alpha value is -2.99. The van der Waals surface area contributed by atoms with E-state index in [0.717, 1.165) is 5.56 Å². The summed E-state index contributed by atoms with van der Waals surface area (Å²) in [5.74, 6) is 0.624. The zero-order valence-corrected chi connectivity index (χ0v) is 13.8. The lowest BCUT2D eigenvalue weighted by molar-refractivity contribution is 0.0930. The van der Waals surface area contributed by atoms with E-state index in [-0.39, 0.29) is 18.6 Å². The maximum Gasteiger partial charge on any atom is 0.251 e. The van der Waals surface area contributed by atoms with Gasteiger partial charge in [-0.2, -0.15) is 0 Å². The molecule has 1 unspecified atom stereocenters. The van der Waals surface area contributed by atoms with Crippen molar-refractivity contribution in [3.05, 3.63) is 71.6 Å². The van der Waals surface area contributed by atoms with Crippen LogP contribution in [-0.2, 0) is 0 Å². The molecule has 6 nitrogen and oxygen atoms in total. The molecule has 25 heavy (non-hydrogen) atoms. The third-order valence-electron chi connectivity index (χ3n) is 3.82. The lowest BCUT2D eigenvalue weighted by Gasteiger charge is -2.18. The summed E-state index contributed by atoms with van der Waals surface area (Å²) in [7, 11) is 0. The number of aliphatic hydroxyl groups is 1. The molecule has 1 amide bonds. The monoisotopic (exact) mass is 337 g/mol. The quantitative estimate of drug-likeness (QED) is 0.722. The minimum atomic E-state index is -0.256. The number of benzene rings is 2. The van der Waals surface area contributed by atoms with E-state index in [0.29, 0.717) is 29.3 Å². The first-order valence-corrected chi connectivity index (χ1v) is 8.04. The van der Waals surface area contributed by atoms with E-state index in [2.05, 4.69) is 15.5 Å². The van der Waals surface area contributed by atoms with Gasteiger partial charge in [0.05, 0.1) is 6.04 Å². The largest absolute Gasteiger partial charge is 0.421 e. The molecule has 1 atom stereocenters. The van der Waals surface area contributed by atoms with Crippen LogP contribution in [0.25, 0.3) is 11.5 Å². The van der Waals surface area contributed by atoms with Crippen molar-refractivity contribution in [1.29, 1.82) is 0 Å². The maximum absolute atomic E-state index is 12.6. The molecule has 0 fully saturated rings. The number of aliphatic hydroxyl groups excluding tert-OH is 1. The van der Waals surface area contributed by atoms with E-state index >= 15 is 0 Å². The molecule has 2 N–H and O–H groups in total. The molecule has 0 saturated heterocycles. The minimum absolute atomic E-state index is 0.0128. The smallest absolute Gasteiger partial charge is 0.251 e. The number of amides is 1. The number of carbonyl (C=O) groups excluding carboxylic acids is 1. The Morgan fingerprint density at radius 2 is 1.96 bits per heavy atom. The molecule has 0 bridgehead atoms. The lowest BCUT2D eigenvalue weighted by atomic mass is 10.0. The molecule has 3 aromatic rings. The topological polar surface area (TPSA) is 88.2 Å². The molecular formula is C19H19N3O3. The van der Waals surface area contributed by atoms with Gasteiger partial charge >= 0.3 is 0 Å². The summed E-state index contributed by atoms with van der Waals surface area (Å²) in [6.07, 6.45) is 0.443. The summed E-state index contributed by atoms with van der Waals surface area (Å²) in [6.45, 7) is 1.70. The number of carbonyl (C=O) groups is 1. The van der Waals surface area contributed by atoms with E-state index in [1.165, 1.54) is 0 Å². The van der Waals surface area contributed by atoms with Gasteiger partial charge in [-0.3, -0.25) is 4.79 Å². The molecule has 2 aromatic carbocycles. The summed E-state index contributed by atoms with van der Waals surface area (Å²) < 4.78 is 5.41. The van der Waals surface area contributed by atoms with Gasteiger partial charge in [0.15, 0.2) is 0 Å². The second kappa shape index (κ2) is 7.72. The standard InChI is InChI=1S/C19H19N3O3/c1-13-21-22-19(25-13)16-9-5-8-15(12-16)18(24)20-17(10-11-23)14-6-3-2-4-7-14/h2-9,12,17,23H,10-11H2,1H3,(H,20,24). The molecule has 0 aliphatic carbocycles. The number of aryl methyl sites for hydroxylation is 1. The molecule has 0 aliphatic rings. The van der Waals surface area contributed by atoms with Gasteiger partial charge in [-0.15, -0.1) is 10.2 Å². The Balaban J connectivity index is 1.80. The first-order chi connectivity index (χ1) is 12.2. The number of hydrogen-bond donors (Lipinski definition) is 2. The van der Waals surface area contributed by atoms with Gasteiger partial charge in [0.2, 0.25) is 11.8 Å². The predicted molar refractivity (Wildman–Crippen MR) is 92.8 cm³/mol. The highest BCUT2D eigenvalue weighted by Crippen LogP contribution is 2.21. The highest BCUT2D eigenvalue weighted by Gasteiger charge is 2.16. The van der Waals surface area contributed by atoms with Gasteiger partial charge in [-0.1, -0.05) is 36.4 Å². The fraction of sp³-hybridized carbons (Fsp3) is 0.211. The van der Waals surface area contributed by atoms with Crippen molar-refractivity contribution in [2.45, 2.75) is 19.4 Å². The fourth-order valence-electron chi connectivity index (χ4n) is 2.58. The van der Waals surface area contributed by atoms with Gasteiger partial charge in [-0.05, 0) is 30.2 Å². The van der Waals surface area contributed by atoms with Gasteiger partial charge in [-0.25, -0.2) is 0 Å². The number of nitrogens with zero attached hydrogens (tertiary/aromatic N) is 2. The molecule has 6 heteroatoms. The summed E-state index contributed by atoms with van der Waals surface area (Å²) in [4.78, 5) is 12.6. The van der Waals surface area contributed by atoms with E-state index < -0.39 is 0 Å². The third kappa shape index (κ3) is 4.10. The first-order valence-electron chi connectivity index (χ1n) is 8.04. The lowest BCUT2D eigenvalue weighted by Crippen LogP contribution is -2.29. The van der Waals surface area contributed by atoms with Crippen LogP contribution in [0.5, 0.6) is 0 Å². The first kappa shape index (κ1) is 16.9. The fourth-order valence-corrected chi connectivity index (χ4v) is 2.58. The van der Waals surface area contributed by atoms with Crippen LogP contribution in [0.2, 0.25) is 0 Å². The molecule has 1 heterocycles. The van der Waals surface area contributed by atoms with Gasteiger partial charge in [0.25, 0.3) is 5.91 Å². The average Bonchev–Trinajstić information content (AvgIpc) is 3.08. The van der Waals surface area contributed by atoms with Crippen molar-refractivity contribution in [1.82, 2.24) is 15.5 Å². The second-order valence-corrected chi connectivity index (χ2v) is 5.66. The predicted octanol–water partition coefficient (Wildman–Crippen LogP) is 2.90. The summed E-state index contributed by atoms with van der Waals surface area (Å²) in [5.41, 5.74) is 2.13. The van der Waals surface area contributed by atoms with Crippen molar-refractivity contribution >= 4 is 5.91 Å². The van der Waals surface area contributed by atoms with E-state index in [1.54, 1.807) is 25.1 Å². The number of nitrogens with one attached hydrogen (secondary N) is 1. The van der Waals surface area contributed by atoms with Crippen LogP contribution in [0.4, 0.5) is 0 Å². The molecule has 0 saturated carbocycles. The molecule has 1 aromatic heterocycles. The van der Waals surface area contributed by atoms with Crippen molar-refractivity contribution in [2.75, 3.05) is 6.61 Å². The molecule has 3 rings (SSSR count). The van der Waals surface area contributed by atoms with Crippen molar-refractivity contribution in [3.8, 4) is 11.5 Å². The Labute approximate surface area is 145 Å². The van der Waals surface area contributed by atoms with Crippen LogP contribution in [0.3, 0.4) is 0 Å². The Morgan fingerprint density at radius 3 is 2.64 bits per heavy atom. The van der Waals surface area contributed by atoms with Crippen molar-refractivity contribution in [3.63, 3.8) is 0 Å². The second-order valence-electron chi connectivity index (χ2n) is 5.66. The Morgan fingerprint density at radius 1 is 1.16 bits per heavy atom. The summed E-state index contributed by atoms with van der Waals surface area (Å²) in [5, 5.41) is 20.0. The zero-order valence-electron chi connectivity index (χ0n) is 13.8. The van der Waals surface area contributed by atoms with E-state index in [9.17, 15) is 9.90 Å². The molecule has 0 radical (unpaired) electrons. The highest BCUT2D eigenvalue weighted by atomic mass is 16.4. The van der Waals surface area contributed by atoms with E-state index in [4.69, 9.17) is 4.42 Å². The van der Waals surface area contributed by atoms with Crippen molar-refractivity contribution < 1.29 is 14.3 Å². The average molecular weight is 337 g/mol. The van der Waals surface area contributed by atoms with Crippen LogP contribution in [0.1, 0.15) is 34.3 Å². The SMILES string of the molecule is Cc1nnc(-c2cccc(C(=O)NC(CCO)c3ccccc3)c2)o1. The van der Waals surface area contributed by atoms with Crippen LogP contribution in [0.15, 0.2) is 59.0 Å². The summed E-state index contributed by atoms with van der Waals surface area (Å²) in [6, 6.07) is 16.3. The molecule has 0 aliphatic heterocycles. The normalized spacial score (nSPS) is 11.9. The van der Waals surface area contributed by atoms with Crippen molar-refractivity contribution in [2.24, 2.45) is 0 Å². The van der Waals surface area contributed by atoms with Crippen LogP contribution in [-0.4, -0.2) is 27.8 Å². The Kier molecular flexibility index (Phi) is 5.20. The van der Waals surface area contributed by atoms with Gasteiger partial charge in [0.1, 0.15) is 0 Å². The Bertz CT molecular complexity index is 846. The number of rotatable bonds is 6. The van der Waals surface area contributed by atoms with Gasteiger partial charge in [0, 0.05) is 24.7 Å². The molecular weight excluding hydrogens is 318 g/mol. The minimum Gasteiger partial charge on any atom is -0.421 e. The number of hydrogen-bond acceptors (Lipinski definition) is 5. The zero-order chi connectivity index (χ0) is 17.6. The third-order valence-corrected chi connectivity index (χ3v) is 3.82. The molecule has 128 valence electrons. The van der Waals surface area contributed by atoms with Crippen LogP contribution >= 0.6 is 0 Å². The van der Waals surface area contributed by atoms with Crippen LogP contribution < -0.4 is 5.32 Å².